The molecule has 2 N–H and O–H groups in total. The molecule has 3 atom stereocenters. The molecule has 20 heavy (non-hydrogen) atoms. The molecule has 0 amide bonds. The van der Waals surface area contributed by atoms with Crippen molar-refractivity contribution < 1.29 is 0 Å². The van der Waals surface area contributed by atoms with Gasteiger partial charge in [0.15, 0.2) is 0 Å². The van der Waals surface area contributed by atoms with E-state index in [4.69, 9.17) is 18.0 Å². The summed E-state index contributed by atoms with van der Waals surface area (Å²) in [5.74, 6) is 0.805. The van der Waals surface area contributed by atoms with Crippen LogP contribution in [0, 0.1) is 11.3 Å². The first kappa shape index (κ1) is 14.1. The monoisotopic (exact) mass is 287 g/mol. The van der Waals surface area contributed by atoms with Gasteiger partial charge in [-0.3, -0.25) is 0 Å². The molecular formula is C18H25NS. The van der Waals surface area contributed by atoms with Gasteiger partial charge in [-0.2, -0.15) is 0 Å². The van der Waals surface area contributed by atoms with Crippen LogP contribution in [-0.4, -0.2) is 4.99 Å². The summed E-state index contributed by atoms with van der Waals surface area (Å²) in [5, 5.41) is 0. The van der Waals surface area contributed by atoms with Crippen LogP contribution < -0.4 is 5.73 Å². The second-order valence-electron chi connectivity index (χ2n) is 6.99. The van der Waals surface area contributed by atoms with Crippen molar-refractivity contribution in [2.24, 2.45) is 17.1 Å². The molecule has 0 heterocycles. The number of hydrogen-bond acceptors (Lipinski definition) is 1. The first-order valence-electron chi connectivity index (χ1n) is 7.96. The van der Waals surface area contributed by atoms with E-state index >= 15 is 0 Å². The molecule has 3 rings (SSSR count). The van der Waals surface area contributed by atoms with E-state index in [2.05, 4.69) is 37.3 Å². The van der Waals surface area contributed by atoms with Crippen molar-refractivity contribution in [2.75, 3.05) is 0 Å². The highest BCUT2D eigenvalue weighted by molar-refractivity contribution is 7.80. The minimum absolute atomic E-state index is 0.127. The molecule has 1 nitrogen and oxygen atoms in total. The van der Waals surface area contributed by atoms with E-state index in [1.165, 1.54) is 44.1 Å². The Bertz CT molecular complexity index is 497. The smallest absolute Gasteiger partial charge is 0.0790 e. The summed E-state index contributed by atoms with van der Waals surface area (Å²) in [6, 6.07) is 11.1. The highest BCUT2D eigenvalue weighted by Crippen LogP contribution is 2.57. The summed E-state index contributed by atoms with van der Waals surface area (Å²) >= 11 is 5.49. The molecule has 108 valence electrons. The maximum absolute atomic E-state index is 6.19. The van der Waals surface area contributed by atoms with Crippen LogP contribution >= 0.6 is 12.2 Å². The molecule has 2 heteroatoms. The van der Waals surface area contributed by atoms with Gasteiger partial charge < -0.3 is 5.73 Å². The zero-order chi connectivity index (χ0) is 14.2. The van der Waals surface area contributed by atoms with Gasteiger partial charge in [0.2, 0.25) is 0 Å². The molecular weight excluding hydrogens is 262 g/mol. The Kier molecular flexibility index (Phi) is 3.62. The highest BCUT2D eigenvalue weighted by atomic mass is 32.1. The van der Waals surface area contributed by atoms with Gasteiger partial charge >= 0.3 is 0 Å². The predicted molar refractivity (Wildman–Crippen MR) is 88.8 cm³/mol. The fourth-order valence-corrected chi connectivity index (χ4v) is 5.15. The third-order valence-corrected chi connectivity index (χ3v) is 6.32. The minimum atomic E-state index is 0.127. The molecule has 3 unspecified atom stereocenters. The summed E-state index contributed by atoms with van der Waals surface area (Å²) in [4.78, 5) is 0.774. The largest absolute Gasteiger partial charge is 0.393 e. The van der Waals surface area contributed by atoms with Crippen LogP contribution in [-0.2, 0) is 5.41 Å². The zero-order valence-electron chi connectivity index (χ0n) is 12.4. The Labute approximate surface area is 127 Å². The van der Waals surface area contributed by atoms with Crippen LogP contribution in [0.5, 0.6) is 0 Å². The summed E-state index contributed by atoms with van der Waals surface area (Å²) in [7, 11) is 0. The Morgan fingerprint density at radius 3 is 2.70 bits per heavy atom. The second-order valence-corrected chi connectivity index (χ2v) is 7.43. The van der Waals surface area contributed by atoms with Crippen LogP contribution in [0.2, 0.25) is 0 Å². The molecule has 2 bridgehead atoms. The van der Waals surface area contributed by atoms with Crippen molar-refractivity contribution in [2.45, 2.75) is 57.3 Å². The third kappa shape index (κ3) is 2.18. The lowest BCUT2D eigenvalue weighted by Crippen LogP contribution is -2.50. The first-order valence-corrected chi connectivity index (χ1v) is 8.36. The molecule has 1 aromatic rings. The molecule has 0 saturated heterocycles. The lowest BCUT2D eigenvalue weighted by Gasteiger charge is -2.54. The molecule has 2 aliphatic carbocycles. The maximum atomic E-state index is 6.19. The van der Waals surface area contributed by atoms with Crippen molar-refractivity contribution in [3.63, 3.8) is 0 Å². The SMILES string of the molecule is CCC1(c2ccccc2)CC2CCCC(C(N)=S)(C2)C1. The van der Waals surface area contributed by atoms with E-state index in [1.807, 2.05) is 0 Å². The molecule has 0 spiro atoms. The van der Waals surface area contributed by atoms with Gasteiger partial charge in [-0.1, -0.05) is 62.3 Å². The van der Waals surface area contributed by atoms with Gasteiger partial charge in [-0.05, 0) is 49.0 Å². The third-order valence-electron chi connectivity index (χ3n) is 5.89. The number of rotatable bonds is 3. The van der Waals surface area contributed by atoms with Gasteiger partial charge in [0, 0.05) is 5.41 Å². The zero-order valence-corrected chi connectivity index (χ0v) is 13.2. The lowest BCUT2D eigenvalue weighted by atomic mass is 9.51. The number of benzene rings is 1. The fourth-order valence-electron chi connectivity index (χ4n) is 4.89. The highest BCUT2D eigenvalue weighted by Gasteiger charge is 2.51. The summed E-state index contributed by atoms with van der Waals surface area (Å²) < 4.78 is 0. The number of nitrogens with two attached hydrogens (primary N) is 1. The molecule has 2 saturated carbocycles. The van der Waals surface area contributed by atoms with E-state index in [-0.39, 0.29) is 10.8 Å². The van der Waals surface area contributed by atoms with Crippen LogP contribution in [0.4, 0.5) is 0 Å². The minimum Gasteiger partial charge on any atom is -0.393 e. The normalized spacial score (nSPS) is 36.5. The lowest BCUT2D eigenvalue weighted by molar-refractivity contribution is 0.0692. The van der Waals surface area contributed by atoms with Gasteiger partial charge in [-0.15, -0.1) is 0 Å². The van der Waals surface area contributed by atoms with Gasteiger partial charge in [0.1, 0.15) is 0 Å². The topological polar surface area (TPSA) is 26.0 Å². The Hall–Kier alpha value is -0.890. The molecule has 0 aromatic heterocycles. The van der Waals surface area contributed by atoms with Crippen molar-refractivity contribution in [1.82, 2.24) is 0 Å². The average Bonchev–Trinajstić information content (AvgIpc) is 2.47. The average molecular weight is 287 g/mol. The standard InChI is InChI=1S/C18H25NS/c1-2-17(15-8-4-3-5-9-15)11-14-7-6-10-18(12-14,13-17)16(19)20/h3-5,8-9,14H,2,6-7,10-13H2,1H3,(H2,19,20). The van der Waals surface area contributed by atoms with Crippen LogP contribution in [0.1, 0.15) is 57.4 Å². The van der Waals surface area contributed by atoms with Gasteiger partial charge in [-0.25, -0.2) is 0 Å². The Morgan fingerprint density at radius 2 is 2.05 bits per heavy atom. The van der Waals surface area contributed by atoms with Crippen LogP contribution in [0.3, 0.4) is 0 Å². The summed E-state index contributed by atoms with van der Waals surface area (Å²) in [5.41, 5.74) is 8.10. The Morgan fingerprint density at radius 1 is 1.30 bits per heavy atom. The van der Waals surface area contributed by atoms with Gasteiger partial charge in [0.25, 0.3) is 0 Å². The molecule has 1 aromatic carbocycles. The first-order chi connectivity index (χ1) is 9.60. The van der Waals surface area contributed by atoms with Crippen molar-refractivity contribution in [3.8, 4) is 0 Å². The number of thiocarbonyl (C=S) groups is 1. The van der Waals surface area contributed by atoms with Crippen molar-refractivity contribution in [1.29, 1.82) is 0 Å². The quantitative estimate of drug-likeness (QED) is 0.823. The molecule has 0 aliphatic heterocycles. The van der Waals surface area contributed by atoms with Crippen LogP contribution in [0.15, 0.2) is 30.3 Å². The number of hydrogen-bond donors (Lipinski definition) is 1. The van der Waals surface area contributed by atoms with Crippen molar-refractivity contribution in [3.05, 3.63) is 35.9 Å². The maximum Gasteiger partial charge on any atom is 0.0790 e. The Balaban J connectivity index is 2.02. The van der Waals surface area contributed by atoms with Crippen molar-refractivity contribution >= 4 is 17.2 Å². The fraction of sp³-hybridized carbons (Fsp3) is 0.611. The second kappa shape index (κ2) is 5.14. The number of fused-ring (bicyclic) bond motifs is 2. The van der Waals surface area contributed by atoms with Gasteiger partial charge in [0.05, 0.1) is 4.99 Å². The van der Waals surface area contributed by atoms with E-state index < -0.39 is 0 Å². The van der Waals surface area contributed by atoms with E-state index in [9.17, 15) is 0 Å². The molecule has 2 fully saturated rings. The molecule has 2 aliphatic rings. The summed E-state index contributed by atoms with van der Waals surface area (Å²) in [6.45, 7) is 2.33. The predicted octanol–water partition coefficient (Wildman–Crippen LogP) is 4.59. The van der Waals surface area contributed by atoms with Crippen LogP contribution in [0.25, 0.3) is 0 Å². The van der Waals surface area contributed by atoms with E-state index in [0.717, 1.165) is 17.3 Å². The van der Waals surface area contributed by atoms with E-state index in [1.54, 1.807) is 0 Å². The van der Waals surface area contributed by atoms with E-state index in [0.29, 0.717) is 0 Å². The summed E-state index contributed by atoms with van der Waals surface area (Å²) in [6.07, 6.45) is 8.77. The molecule has 0 radical (unpaired) electrons.